The molecule has 1 saturated heterocycles. The highest BCUT2D eigenvalue weighted by Crippen LogP contribution is 2.30. The first-order valence-corrected chi connectivity index (χ1v) is 11.2. The van der Waals surface area contributed by atoms with Crippen LogP contribution in [0, 0.1) is 0 Å². The van der Waals surface area contributed by atoms with Gasteiger partial charge in [-0.1, -0.05) is 23.2 Å². The molecule has 3 aromatic rings. The Labute approximate surface area is 208 Å². The van der Waals surface area contributed by atoms with E-state index in [1.54, 1.807) is 47.4 Å². The van der Waals surface area contributed by atoms with Gasteiger partial charge in [0.25, 0.3) is 0 Å². The number of rotatable bonds is 5. The number of aromatic nitrogens is 2. The third kappa shape index (κ3) is 6.14. The molecule has 184 valence electrons. The fraction of sp³-hybridized carbons (Fsp3) is 0.261. The summed E-state index contributed by atoms with van der Waals surface area (Å²) in [5.41, 5.74) is 1.73. The molecule has 0 radical (unpaired) electrons. The fourth-order valence-corrected chi connectivity index (χ4v) is 4.14. The second-order valence-electron chi connectivity index (χ2n) is 7.75. The number of halogens is 5. The van der Waals surface area contributed by atoms with Crippen molar-refractivity contribution in [3.63, 3.8) is 0 Å². The van der Waals surface area contributed by atoms with Crippen LogP contribution in [0.4, 0.5) is 19.0 Å². The van der Waals surface area contributed by atoms with Gasteiger partial charge in [0.05, 0.1) is 18.5 Å². The van der Waals surface area contributed by atoms with Crippen LogP contribution in [0.1, 0.15) is 5.56 Å². The summed E-state index contributed by atoms with van der Waals surface area (Å²) < 4.78 is 43.7. The third-order valence-electron chi connectivity index (χ3n) is 5.28. The maximum atomic E-state index is 12.6. The first-order valence-electron chi connectivity index (χ1n) is 10.5. The van der Waals surface area contributed by atoms with Crippen LogP contribution in [-0.4, -0.2) is 58.2 Å². The SMILES string of the molecule is O=C(N1CCN(c2ccc(Oc3cc(CO)cc(-c4cc(Cl)cc(Cl)c4)n3)cn2)CC1)C(F)(F)F. The summed E-state index contributed by atoms with van der Waals surface area (Å²) in [4.78, 5) is 22.8. The van der Waals surface area contributed by atoms with Crippen molar-refractivity contribution in [2.24, 2.45) is 0 Å². The lowest BCUT2D eigenvalue weighted by molar-refractivity contribution is -0.185. The molecule has 35 heavy (non-hydrogen) atoms. The normalized spacial score (nSPS) is 14.2. The molecule has 2 aromatic heterocycles. The minimum absolute atomic E-state index is 0.0492. The first-order chi connectivity index (χ1) is 16.6. The minimum atomic E-state index is -4.88. The van der Waals surface area contributed by atoms with Gasteiger partial charge in [0.15, 0.2) is 0 Å². The van der Waals surface area contributed by atoms with Gasteiger partial charge in [0.2, 0.25) is 5.88 Å². The van der Waals surface area contributed by atoms with Crippen LogP contribution in [0.15, 0.2) is 48.7 Å². The van der Waals surface area contributed by atoms with E-state index in [-0.39, 0.29) is 38.7 Å². The molecule has 0 spiro atoms. The Kier molecular flexibility index (Phi) is 7.34. The molecular weight excluding hydrogens is 508 g/mol. The van der Waals surface area contributed by atoms with Gasteiger partial charge in [-0.05, 0) is 42.0 Å². The number of carbonyl (C=O) groups excluding carboxylic acids is 1. The zero-order chi connectivity index (χ0) is 25.2. The summed E-state index contributed by atoms with van der Waals surface area (Å²) in [6.07, 6.45) is -3.41. The summed E-state index contributed by atoms with van der Waals surface area (Å²) in [6, 6.07) is 11.6. The second kappa shape index (κ2) is 10.3. The van der Waals surface area contributed by atoms with Crippen LogP contribution in [0.5, 0.6) is 11.6 Å². The summed E-state index contributed by atoms with van der Waals surface area (Å²) in [7, 11) is 0. The summed E-state index contributed by atoms with van der Waals surface area (Å²) >= 11 is 12.2. The Morgan fingerprint density at radius 2 is 1.71 bits per heavy atom. The fourth-order valence-electron chi connectivity index (χ4n) is 3.61. The predicted molar refractivity (Wildman–Crippen MR) is 125 cm³/mol. The molecular formula is C23H19Cl2F3N4O3. The number of hydrogen-bond acceptors (Lipinski definition) is 6. The molecule has 1 amide bonds. The zero-order valence-corrected chi connectivity index (χ0v) is 19.6. The number of pyridine rings is 2. The van der Waals surface area contributed by atoms with Gasteiger partial charge in [-0.3, -0.25) is 4.79 Å². The number of amides is 1. The van der Waals surface area contributed by atoms with Crippen LogP contribution < -0.4 is 9.64 Å². The lowest BCUT2D eigenvalue weighted by atomic mass is 10.1. The number of alkyl halides is 3. The third-order valence-corrected chi connectivity index (χ3v) is 5.72. The van der Waals surface area contributed by atoms with Crippen molar-refractivity contribution in [2.45, 2.75) is 12.8 Å². The molecule has 7 nitrogen and oxygen atoms in total. The van der Waals surface area contributed by atoms with Gasteiger partial charge < -0.3 is 19.6 Å². The van der Waals surface area contributed by atoms with Gasteiger partial charge in [0, 0.05) is 47.9 Å². The Morgan fingerprint density at radius 3 is 2.29 bits per heavy atom. The highest BCUT2D eigenvalue weighted by molar-refractivity contribution is 6.35. The van der Waals surface area contributed by atoms with Crippen molar-refractivity contribution in [2.75, 3.05) is 31.1 Å². The van der Waals surface area contributed by atoms with Crippen molar-refractivity contribution in [3.05, 3.63) is 64.3 Å². The van der Waals surface area contributed by atoms with Crippen molar-refractivity contribution in [3.8, 4) is 22.9 Å². The molecule has 1 N–H and O–H groups in total. The number of hydrogen-bond donors (Lipinski definition) is 1. The molecule has 0 unspecified atom stereocenters. The Morgan fingerprint density at radius 1 is 1.03 bits per heavy atom. The molecule has 0 bridgehead atoms. The topological polar surface area (TPSA) is 78.8 Å². The maximum absolute atomic E-state index is 12.6. The number of nitrogens with zero attached hydrogens (tertiary/aromatic N) is 4. The van der Waals surface area contributed by atoms with Crippen LogP contribution in [0.2, 0.25) is 10.0 Å². The van der Waals surface area contributed by atoms with Crippen LogP contribution in [0.25, 0.3) is 11.3 Å². The first kappa shape index (κ1) is 25.0. The molecule has 0 saturated carbocycles. The maximum Gasteiger partial charge on any atom is 0.471 e. The zero-order valence-electron chi connectivity index (χ0n) is 18.1. The lowest BCUT2D eigenvalue weighted by Crippen LogP contribution is -2.52. The van der Waals surface area contributed by atoms with Crippen molar-refractivity contribution >= 4 is 34.9 Å². The van der Waals surface area contributed by atoms with E-state index in [1.165, 1.54) is 6.20 Å². The largest absolute Gasteiger partial charge is 0.471 e. The van der Waals surface area contributed by atoms with Crippen LogP contribution >= 0.6 is 23.2 Å². The molecule has 0 atom stereocenters. The number of carbonyl (C=O) groups is 1. The standard InChI is InChI=1S/C23H19Cl2F3N4O3/c24-16-9-15(10-17(25)11-16)19-7-14(13-33)8-21(30-19)35-18-1-2-20(29-12-18)31-3-5-32(6-4-31)22(34)23(26,27)28/h1-2,7-12,33H,3-6,13H2. The average molecular weight is 527 g/mol. The number of aliphatic hydroxyl groups is 1. The molecule has 4 rings (SSSR count). The number of anilines is 1. The Balaban J connectivity index is 1.46. The molecule has 3 heterocycles. The van der Waals surface area contributed by atoms with Gasteiger partial charge in [0.1, 0.15) is 11.6 Å². The second-order valence-corrected chi connectivity index (χ2v) is 8.62. The molecule has 12 heteroatoms. The summed E-state index contributed by atoms with van der Waals surface area (Å²) in [5.74, 6) is -0.692. The van der Waals surface area contributed by atoms with E-state index >= 15 is 0 Å². The monoisotopic (exact) mass is 526 g/mol. The minimum Gasteiger partial charge on any atom is -0.437 e. The van der Waals surface area contributed by atoms with E-state index in [0.29, 0.717) is 38.4 Å². The predicted octanol–water partition coefficient (Wildman–Crippen LogP) is 4.95. The Hall–Kier alpha value is -3.08. The molecule has 1 fully saturated rings. The van der Waals surface area contributed by atoms with Crippen LogP contribution in [-0.2, 0) is 11.4 Å². The van der Waals surface area contributed by atoms with E-state index in [2.05, 4.69) is 9.97 Å². The van der Waals surface area contributed by atoms with E-state index < -0.39 is 12.1 Å². The average Bonchev–Trinajstić information content (AvgIpc) is 2.83. The van der Waals surface area contributed by atoms with Gasteiger partial charge in [-0.2, -0.15) is 13.2 Å². The molecule has 0 aliphatic carbocycles. The number of ether oxygens (including phenoxy) is 1. The van der Waals surface area contributed by atoms with E-state index in [1.807, 2.05) is 0 Å². The lowest BCUT2D eigenvalue weighted by Gasteiger charge is -2.35. The Bertz CT molecular complexity index is 1200. The number of aliphatic hydroxyl groups excluding tert-OH is 1. The van der Waals surface area contributed by atoms with Crippen molar-refractivity contribution in [1.82, 2.24) is 14.9 Å². The number of benzene rings is 1. The summed E-state index contributed by atoms with van der Waals surface area (Å²) in [6.45, 7) is 0.112. The van der Waals surface area contributed by atoms with Crippen LogP contribution in [0.3, 0.4) is 0 Å². The van der Waals surface area contributed by atoms with Crippen molar-refractivity contribution < 1.29 is 27.8 Å². The smallest absolute Gasteiger partial charge is 0.437 e. The van der Waals surface area contributed by atoms with E-state index in [4.69, 9.17) is 27.9 Å². The summed E-state index contributed by atoms with van der Waals surface area (Å²) in [5, 5.41) is 10.5. The quantitative estimate of drug-likeness (QED) is 0.507. The van der Waals surface area contributed by atoms with E-state index in [9.17, 15) is 23.1 Å². The van der Waals surface area contributed by atoms with E-state index in [0.717, 1.165) is 4.90 Å². The molecule has 1 aromatic carbocycles. The highest BCUT2D eigenvalue weighted by Gasteiger charge is 2.43. The van der Waals surface area contributed by atoms with Crippen molar-refractivity contribution in [1.29, 1.82) is 0 Å². The number of piperazine rings is 1. The molecule has 1 aliphatic heterocycles. The van der Waals surface area contributed by atoms with Gasteiger partial charge in [-0.15, -0.1) is 0 Å². The highest BCUT2D eigenvalue weighted by atomic mass is 35.5. The van der Waals surface area contributed by atoms with Gasteiger partial charge >= 0.3 is 12.1 Å². The molecule has 1 aliphatic rings. The van der Waals surface area contributed by atoms with Gasteiger partial charge in [-0.25, -0.2) is 9.97 Å².